The highest BCUT2D eigenvalue weighted by molar-refractivity contribution is 7.89. The molecule has 0 unspecified atom stereocenters. The van der Waals surface area contributed by atoms with Crippen LogP contribution in [0.4, 0.5) is 0 Å². The van der Waals surface area contributed by atoms with Crippen molar-refractivity contribution in [1.29, 1.82) is 0 Å². The van der Waals surface area contributed by atoms with Crippen molar-refractivity contribution in [2.24, 2.45) is 0 Å². The fourth-order valence-corrected chi connectivity index (χ4v) is 6.01. The number of amides is 1. The average molecular weight is 463 g/mol. The molecule has 2 aliphatic rings. The molecule has 4 rings (SSSR count). The fourth-order valence-electron chi connectivity index (χ4n) is 4.38. The van der Waals surface area contributed by atoms with E-state index in [1.807, 2.05) is 12.1 Å². The molecule has 2 N–H and O–H groups in total. The Morgan fingerprint density at radius 2 is 1.84 bits per heavy atom. The smallest absolute Gasteiger partial charge is 0.258 e. The molecule has 0 radical (unpaired) electrons. The molecule has 2 aromatic carbocycles. The van der Waals surface area contributed by atoms with Crippen LogP contribution in [0.25, 0.3) is 0 Å². The fraction of sp³-hybridized carbons (Fsp3) is 0.435. The number of rotatable bonds is 7. The van der Waals surface area contributed by atoms with Gasteiger partial charge in [0.15, 0.2) is 6.61 Å². The molecule has 1 amide bonds. The Morgan fingerprint density at radius 3 is 2.61 bits per heavy atom. The van der Waals surface area contributed by atoms with Crippen LogP contribution in [-0.2, 0) is 21.2 Å². The Balaban J connectivity index is 1.35. The molecule has 8 heteroatoms. The van der Waals surface area contributed by atoms with Crippen molar-refractivity contribution in [3.63, 3.8) is 0 Å². The van der Waals surface area contributed by atoms with Crippen molar-refractivity contribution in [3.8, 4) is 5.75 Å². The first-order valence-corrected chi connectivity index (χ1v) is 12.6. The van der Waals surface area contributed by atoms with E-state index in [1.165, 1.54) is 23.8 Å². The number of aryl methyl sites for hydroxylation is 1. The van der Waals surface area contributed by atoms with E-state index < -0.39 is 10.0 Å². The molecule has 0 bridgehead atoms. The van der Waals surface area contributed by atoms with Crippen LogP contribution in [0.2, 0.25) is 5.02 Å². The first-order chi connectivity index (χ1) is 14.9. The molecule has 31 heavy (non-hydrogen) atoms. The van der Waals surface area contributed by atoms with Gasteiger partial charge >= 0.3 is 0 Å². The molecular weight excluding hydrogens is 436 g/mol. The summed E-state index contributed by atoms with van der Waals surface area (Å²) >= 11 is 6.25. The SMILES string of the molecule is O=C(COc1ccc(S(=O)(=O)NC2CCCC2)cc1Cl)N[C@@H]1CCCc2ccccc21. The third-order valence-electron chi connectivity index (χ3n) is 5.95. The van der Waals surface area contributed by atoms with Crippen LogP contribution in [-0.4, -0.2) is 27.0 Å². The number of hydrogen-bond donors (Lipinski definition) is 2. The Hall–Kier alpha value is -2.09. The molecule has 1 atom stereocenters. The van der Waals surface area contributed by atoms with Gasteiger partial charge in [-0.1, -0.05) is 48.7 Å². The summed E-state index contributed by atoms with van der Waals surface area (Å²) in [4.78, 5) is 12.5. The van der Waals surface area contributed by atoms with Crippen molar-refractivity contribution in [1.82, 2.24) is 10.0 Å². The van der Waals surface area contributed by atoms with Gasteiger partial charge in [0.25, 0.3) is 5.91 Å². The van der Waals surface area contributed by atoms with Crippen LogP contribution >= 0.6 is 11.6 Å². The maximum atomic E-state index is 12.6. The van der Waals surface area contributed by atoms with E-state index in [-0.39, 0.29) is 40.3 Å². The lowest BCUT2D eigenvalue weighted by molar-refractivity contribution is -0.123. The van der Waals surface area contributed by atoms with Gasteiger partial charge in [0.1, 0.15) is 5.75 Å². The predicted octanol–water partition coefficient (Wildman–Crippen LogP) is 4.13. The Morgan fingerprint density at radius 1 is 1.06 bits per heavy atom. The number of hydrogen-bond acceptors (Lipinski definition) is 4. The topological polar surface area (TPSA) is 84.5 Å². The van der Waals surface area contributed by atoms with Gasteiger partial charge in [0, 0.05) is 6.04 Å². The number of benzene rings is 2. The highest BCUT2D eigenvalue weighted by atomic mass is 35.5. The van der Waals surface area contributed by atoms with Gasteiger partial charge < -0.3 is 10.1 Å². The first kappa shape index (κ1) is 22.1. The number of ether oxygens (including phenoxy) is 1. The highest BCUT2D eigenvalue weighted by Crippen LogP contribution is 2.30. The molecule has 0 aromatic heterocycles. The number of halogens is 1. The Labute approximate surface area is 188 Å². The van der Waals surface area contributed by atoms with Gasteiger partial charge in [-0.15, -0.1) is 0 Å². The van der Waals surface area contributed by atoms with Gasteiger partial charge in [-0.3, -0.25) is 4.79 Å². The largest absolute Gasteiger partial charge is 0.482 e. The van der Waals surface area contributed by atoms with Gasteiger partial charge in [-0.2, -0.15) is 0 Å². The molecule has 0 aliphatic heterocycles. The zero-order valence-electron chi connectivity index (χ0n) is 17.3. The first-order valence-electron chi connectivity index (χ1n) is 10.7. The maximum Gasteiger partial charge on any atom is 0.258 e. The maximum absolute atomic E-state index is 12.6. The third-order valence-corrected chi connectivity index (χ3v) is 7.77. The lowest BCUT2D eigenvalue weighted by atomic mass is 9.88. The summed E-state index contributed by atoms with van der Waals surface area (Å²) in [6.07, 6.45) is 6.73. The lowest BCUT2D eigenvalue weighted by Gasteiger charge is -2.26. The second-order valence-corrected chi connectivity index (χ2v) is 10.3. The van der Waals surface area contributed by atoms with Crippen LogP contribution in [0.1, 0.15) is 55.7 Å². The summed E-state index contributed by atoms with van der Waals surface area (Å²) in [6, 6.07) is 12.4. The van der Waals surface area contributed by atoms with E-state index in [9.17, 15) is 13.2 Å². The zero-order chi connectivity index (χ0) is 21.8. The Bertz CT molecular complexity index is 1050. The molecule has 1 saturated carbocycles. The number of sulfonamides is 1. The molecular formula is C23H27ClN2O4S. The average Bonchev–Trinajstić information content (AvgIpc) is 3.25. The third kappa shape index (κ3) is 5.40. The number of carbonyl (C=O) groups excluding carboxylic acids is 1. The van der Waals surface area contributed by atoms with Crippen molar-refractivity contribution >= 4 is 27.5 Å². The summed E-state index contributed by atoms with van der Waals surface area (Å²) < 4.78 is 33.4. The van der Waals surface area contributed by atoms with Crippen molar-refractivity contribution in [2.45, 2.75) is 61.9 Å². The van der Waals surface area contributed by atoms with Crippen LogP contribution in [0.15, 0.2) is 47.4 Å². The molecule has 6 nitrogen and oxygen atoms in total. The molecule has 2 aromatic rings. The van der Waals surface area contributed by atoms with Crippen molar-refractivity contribution in [2.75, 3.05) is 6.61 Å². The quantitative estimate of drug-likeness (QED) is 0.647. The van der Waals surface area contributed by atoms with Gasteiger partial charge in [0.2, 0.25) is 10.0 Å². The zero-order valence-corrected chi connectivity index (χ0v) is 18.8. The monoisotopic (exact) mass is 462 g/mol. The standard InChI is InChI=1S/C23H27ClN2O4S/c24-20-14-18(31(28,29)26-17-8-2-3-9-17)12-13-22(20)30-15-23(27)25-21-11-5-7-16-6-1-4-10-19(16)21/h1,4,6,10,12-14,17,21,26H,2-3,5,7-9,11,15H2,(H,25,27)/t21-/m1/s1. The second-order valence-electron chi connectivity index (χ2n) is 8.19. The summed E-state index contributed by atoms with van der Waals surface area (Å²) in [5.74, 6) is 0.0399. The van der Waals surface area contributed by atoms with Gasteiger partial charge in [0.05, 0.1) is 16.0 Å². The minimum Gasteiger partial charge on any atom is -0.482 e. The Kier molecular flexibility index (Phi) is 6.84. The normalized spacial score (nSPS) is 19.1. The van der Waals surface area contributed by atoms with E-state index in [2.05, 4.69) is 22.2 Å². The van der Waals surface area contributed by atoms with E-state index >= 15 is 0 Å². The van der Waals surface area contributed by atoms with Crippen molar-refractivity contribution < 1.29 is 17.9 Å². The minimum atomic E-state index is -3.63. The summed E-state index contributed by atoms with van der Waals surface area (Å²) in [5, 5.41) is 3.19. The molecule has 2 aliphatic carbocycles. The molecule has 0 spiro atoms. The van der Waals surface area contributed by atoms with Gasteiger partial charge in [-0.05, 0) is 61.4 Å². The summed E-state index contributed by atoms with van der Waals surface area (Å²) in [5.41, 5.74) is 2.43. The molecule has 0 saturated heterocycles. The van der Waals surface area contributed by atoms with Crippen LogP contribution in [0, 0.1) is 0 Å². The summed E-state index contributed by atoms with van der Waals surface area (Å²) in [6.45, 7) is -0.190. The lowest BCUT2D eigenvalue weighted by Crippen LogP contribution is -2.34. The molecule has 0 heterocycles. The van der Waals surface area contributed by atoms with E-state index in [0.29, 0.717) is 0 Å². The van der Waals surface area contributed by atoms with E-state index in [1.54, 1.807) is 0 Å². The van der Waals surface area contributed by atoms with Crippen molar-refractivity contribution in [3.05, 3.63) is 58.6 Å². The number of carbonyl (C=O) groups is 1. The molecule has 1 fully saturated rings. The van der Waals surface area contributed by atoms with E-state index in [0.717, 1.165) is 50.5 Å². The van der Waals surface area contributed by atoms with Crippen LogP contribution < -0.4 is 14.8 Å². The van der Waals surface area contributed by atoms with Crippen LogP contribution in [0.5, 0.6) is 5.75 Å². The number of fused-ring (bicyclic) bond motifs is 1. The minimum absolute atomic E-state index is 0.0201. The highest BCUT2D eigenvalue weighted by Gasteiger charge is 2.24. The number of nitrogens with one attached hydrogen (secondary N) is 2. The van der Waals surface area contributed by atoms with Gasteiger partial charge in [-0.25, -0.2) is 13.1 Å². The van der Waals surface area contributed by atoms with E-state index in [4.69, 9.17) is 16.3 Å². The molecule has 166 valence electrons. The predicted molar refractivity (Wildman–Crippen MR) is 120 cm³/mol. The second kappa shape index (κ2) is 9.59. The summed E-state index contributed by atoms with van der Waals surface area (Å²) in [7, 11) is -3.63. The van der Waals surface area contributed by atoms with Crippen LogP contribution in [0.3, 0.4) is 0 Å².